The lowest BCUT2D eigenvalue weighted by Crippen LogP contribution is -2.11. The smallest absolute Gasteiger partial charge is 0.163 e. The molecule has 2 rings (SSSR count). The number of amidine groups is 1. The average Bonchev–Trinajstić information content (AvgIpc) is 2.71. The quantitative estimate of drug-likeness (QED) is 0.887. The van der Waals surface area contributed by atoms with E-state index in [0.717, 1.165) is 36.0 Å². The van der Waals surface area contributed by atoms with Gasteiger partial charge in [-0.2, -0.15) is 0 Å². The van der Waals surface area contributed by atoms with E-state index >= 15 is 0 Å². The van der Waals surface area contributed by atoms with E-state index in [2.05, 4.69) is 10.3 Å². The molecule has 1 aromatic rings. The van der Waals surface area contributed by atoms with Crippen LogP contribution in [0.4, 0.5) is 5.69 Å². The maximum Gasteiger partial charge on any atom is 0.163 e. The van der Waals surface area contributed by atoms with Gasteiger partial charge in [-0.25, -0.2) is 0 Å². The first-order valence-corrected chi connectivity index (χ1v) is 7.53. The molecule has 0 aliphatic carbocycles. The Morgan fingerprint density at radius 3 is 2.65 bits per heavy atom. The van der Waals surface area contributed by atoms with Crippen molar-refractivity contribution in [3.8, 4) is 11.5 Å². The summed E-state index contributed by atoms with van der Waals surface area (Å²) in [4.78, 5) is 4.59. The second-order valence-electron chi connectivity index (χ2n) is 4.79. The highest BCUT2D eigenvalue weighted by Crippen LogP contribution is 2.30. The summed E-state index contributed by atoms with van der Waals surface area (Å²) < 4.78 is 11.2. The van der Waals surface area contributed by atoms with Crippen LogP contribution in [0.15, 0.2) is 23.2 Å². The molecule has 0 bridgehead atoms. The Bertz CT molecular complexity index is 458. The van der Waals surface area contributed by atoms with Crippen LogP contribution in [0.2, 0.25) is 0 Å². The number of nitrogens with one attached hydrogen (secondary N) is 1. The first-order chi connectivity index (χ1) is 9.83. The molecule has 1 N–H and O–H groups in total. The molecule has 1 aliphatic heterocycles. The highest BCUT2D eigenvalue weighted by molar-refractivity contribution is 5.95. The van der Waals surface area contributed by atoms with Gasteiger partial charge in [0.1, 0.15) is 5.84 Å². The van der Waals surface area contributed by atoms with Gasteiger partial charge in [-0.15, -0.1) is 0 Å². The molecule has 4 nitrogen and oxygen atoms in total. The molecule has 0 amide bonds. The summed E-state index contributed by atoms with van der Waals surface area (Å²) in [7, 11) is 0. The summed E-state index contributed by atoms with van der Waals surface area (Å²) in [6.45, 7) is 6.15. The minimum absolute atomic E-state index is 0.629. The van der Waals surface area contributed by atoms with Gasteiger partial charge in [0, 0.05) is 24.7 Å². The van der Waals surface area contributed by atoms with Crippen LogP contribution in [0.1, 0.15) is 39.5 Å². The molecule has 0 saturated heterocycles. The van der Waals surface area contributed by atoms with Gasteiger partial charge in [-0.3, -0.25) is 4.99 Å². The summed E-state index contributed by atoms with van der Waals surface area (Å²) in [6.07, 6.45) is 4.69. The van der Waals surface area contributed by atoms with Crippen molar-refractivity contribution < 1.29 is 9.47 Å². The van der Waals surface area contributed by atoms with E-state index in [4.69, 9.17) is 9.47 Å². The molecule has 0 radical (unpaired) electrons. The molecule has 0 spiro atoms. The van der Waals surface area contributed by atoms with Crippen LogP contribution in [-0.4, -0.2) is 25.6 Å². The van der Waals surface area contributed by atoms with Crippen molar-refractivity contribution in [2.24, 2.45) is 4.99 Å². The molecule has 4 heteroatoms. The van der Waals surface area contributed by atoms with Gasteiger partial charge in [0.25, 0.3) is 0 Å². The van der Waals surface area contributed by atoms with E-state index in [0.29, 0.717) is 13.2 Å². The zero-order valence-corrected chi connectivity index (χ0v) is 12.4. The van der Waals surface area contributed by atoms with E-state index in [-0.39, 0.29) is 0 Å². The van der Waals surface area contributed by atoms with Crippen LogP contribution < -0.4 is 14.8 Å². The Labute approximate surface area is 121 Å². The molecular weight excluding hydrogens is 252 g/mol. The second-order valence-corrected chi connectivity index (χ2v) is 4.79. The van der Waals surface area contributed by atoms with Gasteiger partial charge < -0.3 is 14.8 Å². The lowest BCUT2D eigenvalue weighted by Gasteiger charge is -2.14. The third kappa shape index (κ3) is 4.15. The fraction of sp³-hybridized carbons (Fsp3) is 0.562. The monoisotopic (exact) mass is 276 g/mol. The summed E-state index contributed by atoms with van der Waals surface area (Å²) in [5.74, 6) is 2.66. The van der Waals surface area contributed by atoms with Crippen molar-refractivity contribution in [3.05, 3.63) is 18.2 Å². The second kappa shape index (κ2) is 7.78. The van der Waals surface area contributed by atoms with Crippen LogP contribution in [0.25, 0.3) is 0 Å². The van der Waals surface area contributed by atoms with Crippen molar-refractivity contribution in [2.75, 3.05) is 25.1 Å². The normalized spacial score (nSPS) is 15.2. The Morgan fingerprint density at radius 2 is 1.85 bits per heavy atom. The molecule has 0 unspecified atom stereocenters. The predicted molar refractivity (Wildman–Crippen MR) is 83.2 cm³/mol. The Morgan fingerprint density at radius 1 is 1.05 bits per heavy atom. The Kier molecular flexibility index (Phi) is 5.71. The van der Waals surface area contributed by atoms with Crippen molar-refractivity contribution in [1.82, 2.24) is 0 Å². The molecule has 110 valence electrons. The molecule has 1 aliphatic rings. The maximum atomic E-state index is 5.64. The SMILES string of the molecule is CCOc1ccc(NC2=NCCCCC2)cc1OCC. The number of nitrogens with zero attached hydrogens (tertiary/aromatic N) is 1. The summed E-state index contributed by atoms with van der Waals surface area (Å²) in [6, 6.07) is 5.96. The molecule has 0 fully saturated rings. The minimum Gasteiger partial charge on any atom is -0.490 e. The van der Waals surface area contributed by atoms with E-state index in [1.165, 1.54) is 19.3 Å². The number of benzene rings is 1. The molecular formula is C16H24N2O2. The standard InChI is InChI=1S/C16H24N2O2/c1-3-19-14-10-9-13(12-15(14)20-4-2)18-16-8-6-5-7-11-17-16/h9-10,12H,3-8,11H2,1-2H3,(H,17,18). The first-order valence-electron chi connectivity index (χ1n) is 7.53. The van der Waals surface area contributed by atoms with Gasteiger partial charge in [-0.05, 0) is 38.8 Å². The van der Waals surface area contributed by atoms with Crippen molar-refractivity contribution in [1.29, 1.82) is 0 Å². The largest absolute Gasteiger partial charge is 0.490 e. The average molecular weight is 276 g/mol. The van der Waals surface area contributed by atoms with Gasteiger partial charge in [-0.1, -0.05) is 6.42 Å². The molecule has 0 saturated carbocycles. The van der Waals surface area contributed by atoms with Crippen molar-refractivity contribution >= 4 is 11.5 Å². The Balaban J connectivity index is 2.11. The zero-order chi connectivity index (χ0) is 14.2. The summed E-state index contributed by atoms with van der Waals surface area (Å²) in [5.41, 5.74) is 1.01. The molecule has 20 heavy (non-hydrogen) atoms. The number of hydrogen-bond donors (Lipinski definition) is 1. The van der Waals surface area contributed by atoms with Crippen molar-refractivity contribution in [3.63, 3.8) is 0 Å². The van der Waals surface area contributed by atoms with Gasteiger partial charge in [0.05, 0.1) is 13.2 Å². The summed E-state index contributed by atoms with van der Waals surface area (Å²) in [5, 5.41) is 3.40. The van der Waals surface area contributed by atoms with E-state index < -0.39 is 0 Å². The predicted octanol–water partition coefficient (Wildman–Crippen LogP) is 3.87. The van der Waals surface area contributed by atoms with E-state index in [1.807, 2.05) is 32.0 Å². The lowest BCUT2D eigenvalue weighted by molar-refractivity contribution is 0.288. The molecule has 1 aromatic carbocycles. The van der Waals surface area contributed by atoms with Gasteiger partial charge >= 0.3 is 0 Å². The van der Waals surface area contributed by atoms with Gasteiger partial charge in [0.15, 0.2) is 11.5 Å². The van der Waals surface area contributed by atoms with Gasteiger partial charge in [0.2, 0.25) is 0 Å². The third-order valence-electron chi connectivity index (χ3n) is 3.21. The third-order valence-corrected chi connectivity index (χ3v) is 3.21. The molecule has 0 atom stereocenters. The fourth-order valence-electron chi connectivity index (χ4n) is 2.27. The number of aliphatic imine (C=N–C) groups is 1. The zero-order valence-electron chi connectivity index (χ0n) is 12.4. The van der Waals surface area contributed by atoms with Crippen LogP contribution in [0.5, 0.6) is 11.5 Å². The van der Waals surface area contributed by atoms with E-state index in [1.54, 1.807) is 0 Å². The molecule has 0 aromatic heterocycles. The number of hydrogen-bond acceptors (Lipinski definition) is 4. The van der Waals surface area contributed by atoms with Crippen LogP contribution in [0.3, 0.4) is 0 Å². The maximum absolute atomic E-state index is 5.64. The fourth-order valence-corrected chi connectivity index (χ4v) is 2.27. The highest BCUT2D eigenvalue weighted by Gasteiger charge is 2.09. The topological polar surface area (TPSA) is 42.8 Å². The minimum atomic E-state index is 0.629. The lowest BCUT2D eigenvalue weighted by atomic mass is 10.2. The molecule has 1 heterocycles. The first kappa shape index (κ1) is 14.7. The summed E-state index contributed by atoms with van der Waals surface area (Å²) >= 11 is 0. The van der Waals surface area contributed by atoms with Crippen LogP contribution in [-0.2, 0) is 0 Å². The van der Waals surface area contributed by atoms with Crippen molar-refractivity contribution in [2.45, 2.75) is 39.5 Å². The Hall–Kier alpha value is -1.71. The van der Waals surface area contributed by atoms with Crippen LogP contribution in [0, 0.1) is 0 Å². The number of rotatable bonds is 5. The van der Waals surface area contributed by atoms with Crippen LogP contribution >= 0.6 is 0 Å². The number of anilines is 1. The highest BCUT2D eigenvalue weighted by atomic mass is 16.5. The number of ether oxygens (including phenoxy) is 2. The van der Waals surface area contributed by atoms with E-state index in [9.17, 15) is 0 Å².